The number of hydrogen-bond acceptors (Lipinski definition) is 2. The van der Waals surface area contributed by atoms with Crippen molar-refractivity contribution >= 4 is 5.71 Å². The molecule has 0 atom stereocenters. The van der Waals surface area contributed by atoms with Gasteiger partial charge in [-0.15, -0.1) is 0 Å². The topological polar surface area (TPSA) is 35.9 Å². The van der Waals surface area contributed by atoms with Crippen LogP contribution in [0.25, 0.3) is 0 Å². The second kappa shape index (κ2) is 8.21. The summed E-state index contributed by atoms with van der Waals surface area (Å²) in [5.41, 5.74) is 1.47. The van der Waals surface area contributed by atoms with Crippen LogP contribution in [0.4, 0.5) is 0 Å². The Morgan fingerprint density at radius 2 is 1.80 bits per heavy atom. The van der Waals surface area contributed by atoms with Crippen molar-refractivity contribution in [3.8, 4) is 0 Å². The lowest BCUT2D eigenvalue weighted by Gasteiger charge is -2.00. The van der Waals surface area contributed by atoms with Gasteiger partial charge in [-0.2, -0.15) is 0 Å². The van der Waals surface area contributed by atoms with Crippen LogP contribution in [0.15, 0.2) is 11.8 Å². The van der Waals surface area contributed by atoms with Gasteiger partial charge in [0.05, 0.1) is 11.4 Å². The molecule has 0 unspecified atom stereocenters. The van der Waals surface area contributed by atoms with Gasteiger partial charge in [-0.25, -0.2) is 0 Å². The van der Waals surface area contributed by atoms with Crippen LogP contribution in [0, 0.1) is 5.41 Å². The Morgan fingerprint density at radius 1 is 1.40 bits per heavy atom. The Hall–Kier alpha value is -0.790. The van der Waals surface area contributed by atoms with E-state index in [1.807, 2.05) is 33.9 Å². The van der Waals surface area contributed by atoms with Crippen LogP contribution in [-0.2, 0) is 0 Å². The highest BCUT2D eigenvalue weighted by atomic mass is 14.8. The lowest BCUT2D eigenvalue weighted by molar-refractivity contribution is 1.04. The van der Waals surface area contributed by atoms with E-state index in [2.05, 4.69) is 5.32 Å². The molecule has 0 aromatic carbocycles. The van der Waals surface area contributed by atoms with Crippen molar-refractivity contribution in [2.45, 2.75) is 27.7 Å². The number of rotatable bonds is 2. The van der Waals surface area contributed by atoms with E-state index in [1.54, 1.807) is 6.92 Å². The van der Waals surface area contributed by atoms with Crippen LogP contribution < -0.4 is 5.32 Å². The van der Waals surface area contributed by atoms with Crippen molar-refractivity contribution < 1.29 is 0 Å². The summed E-state index contributed by atoms with van der Waals surface area (Å²) in [5.74, 6) is 0. The summed E-state index contributed by atoms with van der Waals surface area (Å²) >= 11 is 0. The lowest BCUT2D eigenvalue weighted by Crippen LogP contribution is -2.11. The van der Waals surface area contributed by atoms with E-state index in [0.29, 0.717) is 5.71 Å². The monoisotopic (exact) mass is 142 g/mol. The van der Waals surface area contributed by atoms with E-state index >= 15 is 0 Å². The predicted octanol–water partition coefficient (Wildman–Crippen LogP) is 2.18. The van der Waals surface area contributed by atoms with E-state index in [0.717, 1.165) is 5.70 Å². The minimum Gasteiger partial charge on any atom is -0.387 e. The minimum atomic E-state index is 0.579. The molecule has 0 aliphatic carbocycles. The summed E-state index contributed by atoms with van der Waals surface area (Å²) in [4.78, 5) is 0. The fourth-order valence-electron chi connectivity index (χ4n) is 0.548. The summed E-state index contributed by atoms with van der Waals surface area (Å²) < 4.78 is 0. The third kappa shape index (κ3) is 5.35. The van der Waals surface area contributed by atoms with E-state index in [4.69, 9.17) is 5.41 Å². The molecule has 0 fully saturated rings. The largest absolute Gasteiger partial charge is 0.387 e. The Balaban J connectivity index is 0. The summed E-state index contributed by atoms with van der Waals surface area (Å²) in [7, 11) is 1.81. The minimum absolute atomic E-state index is 0.579. The first-order chi connectivity index (χ1) is 4.72. The van der Waals surface area contributed by atoms with E-state index in [9.17, 15) is 0 Å². The Labute approximate surface area is 63.8 Å². The van der Waals surface area contributed by atoms with Crippen molar-refractivity contribution in [3.05, 3.63) is 11.8 Å². The average Bonchev–Trinajstić information content (AvgIpc) is 1.94. The van der Waals surface area contributed by atoms with E-state index in [-0.39, 0.29) is 0 Å². The molecule has 0 spiro atoms. The van der Waals surface area contributed by atoms with Crippen LogP contribution >= 0.6 is 0 Å². The molecule has 2 heteroatoms. The third-order valence-electron chi connectivity index (χ3n) is 0.962. The molecule has 0 saturated carbocycles. The number of allylic oxidation sites excluding steroid dienone is 2. The maximum Gasteiger partial charge on any atom is 0.0510 e. The molecule has 0 aromatic rings. The first-order valence-electron chi connectivity index (χ1n) is 3.62. The van der Waals surface area contributed by atoms with Gasteiger partial charge < -0.3 is 10.7 Å². The zero-order valence-corrected chi connectivity index (χ0v) is 7.58. The Bertz CT molecular complexity index is 114. The van der Waals surface area contributed by atoms with Gasteiger partial charge in [-0.3, -0.25) is 0 Å². The van der Waals surface area contributed by atoms with Crippen molar-refractivity contribution in [1.29, 1.82) is 5.41 Å². The van der Waals surface area contributed by atoms with Crippen molar-refractivity contribution in [1.82, 2.24) is 5.32 Å². The normalized spacial score (nSPS) is 9.50. The highest BCUT2D eigenvalue weighted by Crippen LogP contribution is 1.87. The quantitative estimate of drug-likeness (QED) is 0.569. The number of hydrogen-bond donors (Lipinski definition) is 2. The molecule has 10 heavy (non-hydrogen) atoms. The fourth-order valence-corrected chi connectivity index (χ4v) is 0.548. The van der Waals surface area contributed by atoms with Gasteiger partial charge in [-0.1, -0.05) is 19.9 Å². The molecule has 0 rings (SSSR count). The molecule has 0 radical (unpaired) electrons. The maximum absolute atomic E-state index is 7.12. The molecular formula is C8H18N2. The standard InChI is InChI=1S/C6H12N2.C2H6/c1-4-6(8-3)5(2)7;1-2/h4,7-8H,1-3H3;1-2H3/b6-4-,7-5?;. The average molecular weight is 142 g/mol. The first-order valence-corrected chi connectivity index (χ1v) is 3.62. The van der Waals surface area contributed by atoms with Crippen LogP contribution in [-0.4, -0.2) is 12.8 Å². The van der Waals surface area contributed by atoms with E-state index < -0.39 is 0 Å². The second-order valence-corrected chi connectivity index (χ2v) is 1.58. The zero-order chi connectivity index (χ0) is 8.57. The van der Waals surface area contributed by atoms with Gasteiger partial charge in [0.15, 0.2) is 0 Å². The second-order valence-electron chi connectivity index (χ2n) is 1.58. The van der Waals surface area contributed by atoms with Crippen LogP contribution in [0.3, 0.4) is 0 Å². The van der Waals surface area contributed by atoms with Gasteiger partial charge in [0, 0.05) is 7.05 Å². The summed E-state index contributed by atoms with van der Waals surface area (Å²) in [5, 5.41) is 10.0. The smallest absolute Gasteiger partial charge is 0.0510 e. The highest BCUT2D eigenvalue weighted by Gasteiger charge is 1.89. The molecule has 2 N–H and O–H groups in total. The molecule has 0 aliphatic heterocycles. The molecular weight excluding hydrogens is 124 g/mol. The Morgan fingerprint density at radius 3 is 1.80 bits per heavy atom. The van der Waals surface area contributed by atoms with E-state index in [1.165, 1.54) is 0 Å². The van der Waals surface area contributed by atoms with Gasteiger partial charge in [0.1, 0.15) is 0 Å². The summed E-state index contributed by atoms with van der Waals surface area (Å²) in [6, 6.07) is 0. The fraction of sp³-hybridized carbons (Fsp3) is 0.625. The lowest BCUT2D eigenvalue weighted by atomic mass is 10.3. The third-order valence-corrected chi connectivity index (χ3v) is 0.962. The zero-order valence-electron chi connectivity index (χ0n) is 7.58. The summed E-state index contributed by atoms with van der Waals surface area (Å²) in [6.07, 6.45) is 1.88. The first kappa shape index (κ1) is 11.9. The van der Waals surface area contributed by atoms with Crippen molar-refractivity contribution in [2.24, 2.45) is 0 Å². The molecule has 2 nitrogen and oxygen atoms in total. The molecule has 0 aromatic heterocycles. The molecule has 0 heterocycles. The van der Waals surface area contributed by atoms with Crippen LogP contribution in [0.2, 0.25) is 0 Å². The predicted molar refractivity (Wildman–Crippen MR) is 47.6 cm³/mol. The highest BCUT2D eigenvalue weighted by molar-refractivity contribution is 5.94. The van der Waals surface area contributed by atoms with Crippen molar-refractivity contribution in [2.75, 3.05) is 7.05 Å². The molecule has 60 valence electrons. The molecule has 0 saturated heterocycles. The molecule has 0 aliphatic rings. The van der Waals surface area contributed by atoms with Crippen LogP contribution in [0.5, 0.6) is 0 Å². The maximum atomic E-state index is 7.12. The van der Waals surface area contributed by atoms with Crippen molar-refractivity contribution in [3.63, 3.8) is 0 Å². The van der Waals surface area contributed by atoms with Gasteiger partial charge in [0.2, 0.25) is 0 Å². The van der Waals surface area contributed by atoms with Gasteiger partial charge >= 0.3 is 0 Å². The Kier molecular flexibility index (Phi) is 9.80. The van der Waals surface area contributed by atoms with Crippen LogP contribution in [0.1, 0.15) is 27.7 Å². The van der Waals surface area contributed by atoms with Gasteiger partial charge in [-0.05, 0) is 13.8 Å². The van der Waals surface area contributed by atoms with Gasteiger partial charge in [0.25, 0.3) is 0 Å². The number of nitrogens with one attached hydrogen (secondary N) is 2. The molecule has 0 bridgehead atoms. The molecule has 0 amide bonds. The summed E-state index contributed by atoms with van der Waals surface area (Å²) in [6.45, 7) is 7.66. The SMILES string of the molecule is C/C=C(\NC)C(C)=N.CC.